The van der Waals surface area contributed by atoms with E-state index in [1.54, 1.807) is 12.3 Å². The Morgan fingerprint density at radius 2 is 1.89 bits per heavy atom. The Labute approximate surface area is 213 Å². The van der Waals surface area contributed by atoms with Crippen molar-refractivity contribution in [2.45, 2.75) is 18.9 Å². The van der Waals surface area contributed by atoms with Crippen molar-refractivity contribution in [1.29, 1.82) is 0 Å². The summed E-state index contributed by atoms with van der Waals surface area (Å²) in [5.41, 5.74) is 2.81. The van der Waals surface area contributed by atoms with Gasteiger partial charge >= 0.3 is 0 Å². The van der Waals surface area contributed by atoms with E-state index in [2.05, 4.69) is 25.1 Å². The lowest BCUT2D eigenvalue weighted by Gasteiger charge is -2.37. The highest BCUT2D eigenvalue weighted by Gasteiger charge is 2.32. The molecule has 2 aliphatic heterocycles. The minimum atomic E-state index is -0.312. The lowest BCUT2D eigenvalue weighted by molar-refractivity contribution is -0.135. The second kappa shape index (κ2) is 10.3. The van der Waals surface area contributed by atoms with Crippen LogP contribution in [0.15, 0.2) is 48.0 Å². The topological polar surface area (TPSA) is 81.7 Å². The number of aromatic nitrogens is 2. The number of likely N-dealkylation sites (tertiary alicyclic amines) is 1. The van der Waals surface area contributed by atoms with E-state index in [0.717, 1.165) is 49.4 Å². The predicted octanol–water partition coefficient (Wildman–Crippen LogP) is 3.85. The van der Waals surface area contributed by atoms with Crippen molar-refractivity contribution in [3.8, 4) is 11.3 Å². The highest BCUT2D eigenvalue weighted by atomic mass is 35.5. The lowest BCUT2D eigenvalue weighted by atomic mass is 10.1. The summed E-state index contributed by atoms with van der Waals surface area (Å²) in [6.07, 6.45) is 3.75. The number of rotatable bonds is 5. The molecule has 5 rings (SSSR count). The van der Waals surface area contributed by atoms with Crippen LogP contribution in [0.1, 0.15) is 23.3 Å². The highest BCUT2D eigenvalue weighted by Crippen LogP contribution is 2.30. The summed E-state index contributed by atoms with van der Waals surface area (Å²) in [4.78, 5) is 40.7. The van der Waals surface area contributed by atoms with Crippen LogP contribution in [0.3, 0.4) is 0 Å². The van der Waals surface area contributed by atoms with E-state index in [1.807, 2.05) is 47.7 Å². The quantitative estimate of drug-likeness (QED) is 0.561. The molecule has 0 saturated carbocycles. The molecule has 0 aliphatic carbocycles. The van der Waals surface area contributed by atoms with E-state index in [0.29, 0.717) is 28.9 Å². The fraction of sp³-hybridized carbons (Fsp3) is 0.360. The summed E-state index contributed by atoms with van der Waals surface area (Å²) in [7, 11) is 2.03. The minimum absolute atomic E-state index is 0.0274. The molecule has 1 atom stereocenters. The van der Waals surface area contributed by atoms with Crippen LogP contribution < -0.4 is 10.2 Å². The van der Waals surface area contributed by atoms with Crippen molar-refractivity contribution in [1.82, 2.24) is 19.8 Å². The number of carbonyl (C=O) groups excluding carboxylic acids is 2. The predicted molar refractivity (Wildman–Crippen MR) is 139 cm³/mol. The van der Waals surface area contributed by atoms with Gasteiger partial charge in [-0.05, 0) is 44.6 Å². The molecule has 2 aliphatic rings. The Hall–Kier alpha value is -3.01. The molecule has 3 aromatic rings. The van der Waals surface area contributed by atoms with Gasteiger partial charge < -0.3 is 9.80 Å². The number of thiazole rings is 1. The van der Waals surface area contributed by atoms with Crippen LogP contribution in [0.4, 0.5) is 10.8 Å². The number of likely N-dealkylation sites (N-methyl/N-ethyl adjacent to an activating group) is 1. The van der Waals surface area contributed by atoms with Gasteiger partial charge in [0.25, 0.3) is 5.91 Å². The van der Waals surface area contributed by atoms with Crippen molar-refractivity contribution in [2.75, 3.05) is 50.0 Å². The van der Waals surface area contributed by atoms with Crippen LogP contribution in [0.2, 0.25) is 5.02 Å². The van der Waals surface area contributed by atoms with Crippen molar-refractivity contribution >= 4 is 45.6 Å². The molecule has 2 amide bonds. The van der Waals surface area contributed by atoms with Gasteiger partial charge in [0.05, 0.1) is 23.6 Å². The number of hydrogen-bond donors (Lipinski definition) is 1. The number of carbonyl (C=O) groups is 2. The molecule has 0 bridgehead atoms. The number of nitrogens with one attached hydrogen (secondary N) is 1. The molecule has 35 heavy (non-hydrogen) atoms. The highest BCUT2D eigenvalue weighted by molar-refractivity contribution is 7.14. The summed E-state index contributed by atoms with van der Waals surface area (Å²) < 4.78 is 0. The maximum Gasteiger partial charge on any atom is 0.276 e. The second-order valence-electron chi connectivity index (χ2n) is 8.82. The molecule has 1 unspecified atom stereocenters. The van der Waals surface area contributed by atoms with Crippen molar-refractivity contribution in [3.05, 3.63) is 58.7 Å². The third-order valence-electron chi connectivity index (χ3n) is 6.62. The van der Waals surface area contributed by atoms with Crippen LogP contribution in [-0.2, 0) is 4.79 Å². The monoisotopic (exact) mass is 510 g/mol. The van der Waals surface area contributed by atoms with Crippen LogP contribution >= 0.6 is 22.9 Å². The first kappa shape index (κ1) is 23.7. The van der Waals surface area contributed by atoms with Crippen LogP contribution in [0, 0.1) is 0 Å². The first-order valence-corrected chi connectivity index (χ1v) is 13.0. The zero-order valence-corrected chi connectivity index (χ0v) is 21.1. The van der Waals surface area contributed by atoms with Gasteiger partial charge in [0.2, 0.25) is 5.91 Å². The molecule has 0 radical (unpaired) electrons. The van der Waals surface area contributed by atoms with E-state index in [1.165, 1.54) is 11.3 Å². The molecule has 1 aromatic carbocycles. The maximum absolute atomic E-state index is 12.8. The molecule has 2 fully saturated rings. The Bertz CT molecular complexity index is 1210. The molecule has 4 heterocycles. The van der Waals surface area contributed by atoms with E-state index in [9.17, 15) is 9.59 Å². The SMILES string of the molecule is CN1CCCC1C(=O)N1CCN(c2ccc(C(=O)Nc3nc(-c4ccccc4Cl)cs3)nc2)CC1. The van der Waals surface area contributed by atoms with Gasteiger partial charge in [0, 0.05) is 42.1 Å². The largest absolute Gasteiger partial charge is 0.367 e. The number of piperazine rings is 1. The van der Waals surface area contributed by atoms with Crippen molar-refractivity contribution < 1.29 is 9.59 Å². The summed E-state index contributed by atoms with van der Waals surface area (Å²) in [5.74, 6) is -0.0672. The third-order valence-corrected chi connectivity index (χ3v) is 7.70. The number of pyridine rings is 1. The molecular formula is C25H27ClN6O2S. The normalized spacial score (nSPS) is 18.6. The van der Waals surface area contributed by atoms with Crippen molar-refractivity contribution in [2.24, 2.45) is 0 Å². The molecular weight excluding hydrogens is 484 g/mol. The van der Waals surface area contributed by atoms with E-state index in [-0.39, 0.29) is 17.9 Å². The summed E-state index contributed by atoms with van der Waals surface area (Å²) in [6, 6.07) is 11.1. The Morgan fingerprint density at radius 1 is 1.09 bits per heavy atom. The second-order valence-corrected chi connectivity index (χ2v) is 10.1. The van der Waals surface area contributed by atoms with E-state index >= 15 is 0 Å². The molecule has 10 heteroatoms. The molecule has 8 nitrogen and oxygen atoms in total. The molecule has 2 aromatic heterocycles. The van der Waals surface area contributed by atoms with Gasteiger partial charge in [0.15, 0.2) is 5.13 Å². The maximum atomic E-state index is 12.8. The Balaban J connectivity index is 1.16. The molecule has 182 valence electrons. The number of anilines is 2. The van der Waals surface area contributed by atoms with E-state index in [4.69, 9.17) is 11.6 Å². The lowest BCUT2D eigenvalue weighted by Crippen LogP contribution is -2.53. The summed E-state index contributed by atoms with van der Waals surface area (Å²) in [6.45, 7) is 3.89. The molecule has 2 saturated heterocycles. The fourth-order valence-corrected chi connectivity index (χ4v) is 5.55. The smallest absolute Gasteiger partial charge is 0.276 e. The van der Waals surface area contributed by atoms with E-state index < -0.39 is 0 Å². The van der Waals surface area contributed by atoms with Gasteiger partial charge in [-0.2, -0.15) is 0 Å². The molecule has 1 N–H and O–H groups in total. The Kier molecular flexibility index (Phi) is 6.99. The van der Waals surface area contributed by atoms with Gasteiger partial charge in [-0.3, -0.25) is 19.8 Å². The molecule has 0 spiro atoms. The minimum Gasteiger partial charge on any atom is -0.367 e. The van der Waals surface area contributed by atoms with Gasteiger partial charge in [-0.15, -0.1) is 11.3 Å². The number of nitrogens with zero attached hydrogens (tertiary/aromatic N) is 5. The summed E-state index contributed by atoms with van der Waals surface area (Å²) in [5, 5.41) is 5.79. The first-order valence-electron chi connectivity index (χ1n) is 11.7. The zero-order valence-electron chi connectivity index (χ0n) is 19.5. The number of hydrogen-bond acceptors (Lipinski definition) is 7. The van der Waals surface area contributed by atoms with Gasteiger partial charge in [-0.25, -0.2) is 9.97 Å². The van der Waals surface area contributed by atoms with Gasteiger partial charge in [-0.1, -0.05) is 29.8 Å². The number of halogens is 1. The first-order chi connectivity index (χ1) is 17.0. The van der Waals surface area contributed by atoms with Crippen LogP contribution in [0.25, 0.3) is 11.3 Å². The number of amides is 2. The standard InChI is InChI=1S/C25H27ClN6O2S/c1-30-10-4-7-22(30)24(34)32-13-11-31(12-14-32)17-8-9-20(27-15-17)23(33)29-25-28-21(16-35-25)18-5-2-3-6-19(18)26/h2-3,5-6,8-9,15-16,22H,4,7,10-14H2,1H3,(H,28,29,33). The average molecular weight is 511 g/mol. The summed E-state index contributed by atoms with van der Waals surface area (Å²) >= 11 is 7.59. The van der Waals surface area contributed by atoms with Crippen LogP contribution in [-0.4, -0.2) is 77.4 Å². The van der Waals surface area contributed by atoms with Crippen LogP contribution in [0.5, 0.6) is 0 Å². The third kappa shape index (κ3) is 5.17. The Morgan fingerprint density at radius 3 is 2.57 bits per heavy atom. The number of benzene rings is 1. The zero-order chi connectivity index (χ0) is 24.4. The average Bonchev–Trinajstić information content (AvgIpc) is 3.53. The van der Waals surface area contributed by atoms with Crippen molar-refractivity contribution in [3.63, 3.8) is 0 Å². The fourth-order valence-electron chi connectivity index (χ4n) is 4.61. The van der Waals surface area contributed by atoms with Gasteiger partial charge in [0.1, 0.15) is 5.69 Å².